The third kappa shape index (κ3) is 6.09. The SMILES string of the molecule is O=C(NCCSCc1cccs1)NC[C@@H](O)c1ccsc1. The molecule has 2 aromatic heterocycles. The minimum atomic E-state index is -0.643. The van der Waals surface area contributed by atoms with Gasteiger partial charge in [0.15, 0.2) is 0 Å². The smallest absolute Gasteiger partial charge is 0.314 e. The van der Waals surface area contributed by atoms with Crippen LogP contribution in [0.25, 0.3) is 0 Å². The van der Waals surface area contributed by atoms with Gasteiger partial charge < -0.3 is 15.7 Å². The zero-order valence-electron chi connectivity index (χ0n) is 11.5. The monoisotopic (exact) mass is 342 g/mol. The van der Waals surface area contributed by atoms with Gasteiger partial charge in [0.05, 0.1) is 6.10 Å². The van der Waals surface area contributed by atoms with Crippen molar-refractivity contribution in [2.24, 2.45) is 0 Å². The Hall–Kier alpha value is -1.02. The second kappa shape index (κ2) is 9.09. The Morgan fingerprint density at radius 3 is 2.95 bits per heavy atom. The Labute approximate surface area is 136 Å². The summed E-state index contributed by atoms with van der Waals surface area (Å²) in [6.07, 6.45) is -0.643. The average Bonchev–Trinajstić information content (AvgIpc) is 3.17. The van der Waals surface area contributed by atoms with Crippen molar-refractivity contribution in [2.75, 3.05) is 18.8 Å². The van der Waals surface area contributed by atoms with E-state index < -0.39 is 6.10 Å². The molecule has 0 aliphatic rings. The minimum Gasteiger partial charge on any atom is -0.387 e. The normalized spacial score (nSPS) is 12.0. The van der Waals surface area contributed by atoms with Gasteiger partial charge in [0.2, 0.25) is 0 Å². The van der Waals surface area contributed by atoms with Gasteiger partial charge in [0, 0.05) is 29.5 Å². The van der Waals surface area contributed by atoms with Gasteiger partial charge in [0.1, 0.15) is 0 Å². The van der Waals surface area contributed by atoms with Crippen molar-refractivity contribution in [1.29, 1.82) is 0 Å². The first-order valence-corrected chi connectivity index (χ1v) is 9.55. The molecule has 2 aromatic rings. The second-order valence-corrected chi connectivity index (χ2v) is 7.26. The quantitative estimate of drug-likeness (QED) is 0.646. The zero-order valence-corrected chi connectivity index (χ0v) is 13.9. The fraction of sp³-hybridized carbons (Fsp3) is 0.357. The molecular weight excluding hydrogens is 324 g/mol. The van der Waals surface area contributed by atoms with E-state index in [1.165, 1.54) is 16.2 Å². The predicted octanol–water partition coefficient (Wildman–Crippen LogP) is 3.08. The van der Waals surface area contributed by atoms with Gasteiger partial charge in [0.25, 0.3) is 0 Å². The molecule has 7 heteroatoms. The Balaban J connectivity index is 1.51. The molecule has 0 bridgehead atoms. The molecule has 1 atom stereocenters. The summed E-state index contributed by atoms with van der Waals surface area (Å²) in [5.41, 5.74) is 0.840. The first-order valence-electron chi connectivity index (χ1n) is 6.57. The molecule has 0 unspecified atom stereocenters. The third-order valence-corrected chi connectivity index (χ3v) is 5.51. The minimum absolute atomic E-state index is 0.227. The van der Waals surface area contributed by atoms with Crippen molar-refractivity contribution in [1.82, 2.24) is 10.6 Å². The van der Waals surface area contributed by atoms with Gasteiger partial charge >= 0.3 is 6.03 Å². The number of aliphatic hydroxyl groups is 1. The largest absolute Gasteiger partial charge is 0.387 e. The summed E-state index contributed by atoms with van der Waals surface area (Å²) in [6.45, 7) is 0.849. The molecule has 0 saturated heterocycles. The van der Waals surface area contributed by atoms with E-state index >= 15 is 0 Å². The van der Waals surface area contributed by atoms with Gasteiger partial charge in [-0.3, -0.25) is 0 Å². The van der Waals surface area contributed by atoms with Gasteiger partial charge in [-0.25, -0.2) is 4.79 Å². The Morgan fingerprint density at radius 2 is 2.24 bits per heavy atom. The van der Waals surface area contributed by atoms with E-state index in [4.69, 9.17) is 0 Å². The van der Waals surface area contributed by atoms with E-state index in [1.807, 2.05) is 22.9 Å². The number of carbonyl (C=O) groups excluding carboxylic acids is 1. The molecule has 0 aliphatic heterocycles. The number of hydrogen-bond acceptors (Lipinski definition) is 5. The molecule has 0 spiro atoms. The van der Waals surface area contributed by atoms with Gasteiger partial charge in [-0.15, -0.1) is 11.3 Å². The van der Waals surface area contributed by atoms with Crippen molar-refractivity contribution < 1.29 is 9.90 Å². The van der Waals surface area contributed by atoms with Gasteiger partial charge in [-0.05, 0) is 33.8 Å². The maximum absolute atomic E-state index is 11.6. The maximum Gasteiger partial charge on any atom is 0.314 e. The lowest BCUT2D eigenvalue weighted by molar-refractivity contribution is 0.173. The number of amides is 2. The highest BCUT2D eigenvalue weighted by Crippen LogP contribution is 2.16. The summed E-state index contributed by atoms with van der Waals surface area (Å²) >= 11 is 5.08. The van der Waals surface area contributed by atoms with Crippen LogP contribution >= 0.6 is 34.4 Å². The van der Waals surface area contributed by atoms with Crippen LogP contribution in [0, 0.1) is 0 Å². The van der Waals surface area contributed by atoms with Crippen LogP contribution in [0.3, 0.4) is 0 Å². The number of thiophene rings is 2. The molecule has 4 nitrogen and oxygen atoms in total. The lowest BCUT2D eigenvalue weighted by Gasteiger charge is -2.11. The highest BCUT2D eigenvalue weighted by atomic mass is 32.2. The second-order valence-electron chi connectivity index (χ2n) is 4.34. The van der Waals surface area contributed by atoms with Crippen molar-refractivity contribution >= 4 is 40.5 Å². The van der Waals surface area contributed by atoms with Crippen LogP contribution < -0.4 is 10.6 Å². The number of nitrogens with one attached hydrogen (secondary N) is 2. The molecule has 3 N–H and O–H groups in total. The maximum atomic E-state index is 11.6. The number of thioether (sulfide) groups is 1. The summed E-state index contributed by atoms with van der Waals surface area (Å²) in [5, 5.41) is 21.2. The van der Waals surface area contributed by atoms with Crippen LogP contribution in [-0.4, -0.2) is 30.0 Å². The molecule has 0 saturated carbocycles. The first kappa shape index (κ1) is 16.4. The number of aliphatic hydroxyl groups excluding tert-OH is 1. The standard InChI is InChI=1S/C14H18N2O2S3/c17-13(11-3-6-19-9-11)8-16-14(18)15-4-7-20-10-12-2-1-5-21-12/h1-3,5-6,9,13,17H,4,7-8,10H2,(H2,15,16,18)/t13-/m1/s1. The van der Waals surface area contributed by atoms with Crippen LogP contribution in [0.2, 0.25) is 0 Å². The summed E-state index contributed by atoms with van der Waals surface area (Å²) in [5.74, 6) is 1.86. The van der Waals surface area contributed by atoms with Crippen LogP contribution in [0.4, 0.5) is 4.79 Å². The van der Waals surface area contributed by atoms with E-state index in [-0.39, 0.29) is 12.6 Å². The lowest BCUT2D eigenvalue weighted by atomic mass is 10.2. The molecule has 2 heterocycles. The highest BCUT2D eigenvalue weighted by Gasteiger charge is 2.09. The van der Waals surface area contributed by atoms with Crippen molar-refractivity contribution in [3.05, 3.63) is 44.8 Å². The lowest BCUT2D eigenvalue weighted by Crippen LogP contribution is -2.38. The number of hydrogen-bond donors (Lipinski definition) is 3. The molecule has 0 fully saturated rings. The topological polar surface area (TPSA) is 61.4 Å². The van der Waals surface area contributed by atoms with E-state index in [1.54, 1.807) is 23.1 Å². The fourth-order valence-electron chi connectivity index (χ4n) is 1.64. The van der Waals surface area contributed by atoms with Crippen LogP contribution in [0.1, 0.15) is 16.5 Å². The first-order chi connectivity index (χ1) is 10.3. The fourth-order valence-corrected chi connectivity index (χ4v) is 4.04. The van der Waals surface area contributed by atoms with Crippen LogP contribution in [-0.2, 0) is 5.75 Å². The third-order valence-electron chi connectivity index (χ3n) is 2.74. The molecular formula is C14H18N2O2S3. The summed E-state index contributed by atoms with van der Waals surface area (Å²) in [6, 6.07) is 5.78. The summed E-state index contributed by atoms with van der Waals surface area (Å²) < 4.78 is 0. The molecule has 0 aliphatic carbocycles. The Morgan fingerprint density at radius 1 is 1.33 bits per heavy atom. The van der Waals surface area contributed by atoms with E-state index in [9.17, 15) is 9.90 Å². The average molecular weight is 343 g/mol. The van der Waals surface area contributed by atoms with Crippen LogP contribution in [0.5, 0.6) is 0 Å². The molecule has 2 rings (SSSR count). The van der Waals surface area contributed by atoms with Crippen molar-refractivity contribution in [3.8, 4) is 0 Å². The van der Waals surface area contributed by atoms with Gasteiger partial charge in [-0.1, -0.05) is 6.07 Å². The number of urea groups is 1. The van der Waals surface area contributed by atoms with E-state index in [2.05, 4.69) is 22.1 Å². The molecule has 0 aromatic carbocycles. The van der Waals surface area contributed by atoms with E-state index in [0.29, 0.717) is 6.54 Å². The zero-order chi connectivity index (χ0) is 14.9. The predicted molar refractivity (Wildman–Crippen MR) is 91.2 cm³/mol. The van der Waals surface area contributed by atoms with Crippen LogP contribution in [0.15, 0.2) is 34.3 Å². The Kier molecular flexibility index (Phi) is 7.08. The highest BCUT2D eigenvalue weighted by molar-refractivity contribution is 7.98. The molecule has 2 amide bonds. The van der Waals surface area contributed by atoms with E-state index in [0.717, 1.165) is 17.1 Å². The summed E-state index contributed by atoms with van der Waals surface area (Å²) in [7, 11) is 0. The summed E-state index contributed by atoms with van der Waals surface area (Å²) in [4.78, 5) is 12.9. The number of rotatable bonds is 8. The van der Waals surface area contributed by atoms with Crippen molar-refractivity contribution in [2.45, 2.75) is 11.9 Å². The molecule has 114 valence electrons. The van der Waals surface area contributed by atoms with Gasteiger partial charge in [-0.2, -0.15) is 23.1 Å². The number of carbonyl (C=O) groups is 1. The Bertz CT molecular complexity index is 514. The molecule has 0 radical (unpaired) electrons. The van der Waals surface area contributed by atoms with Crippen molar-refractivity contribution in [3.63, 3.8) is 0 Å². The molecule has 21 heavy (non-hydrogen) atoms.